The third kappa shape index (κ3) is 3.27. The molecule has 0 heterocycles. The van der Waals surface area contributed by atoms with Crippen molar-refractivity contribution in [2.24, 2.45) is 5.92 Å². The summed E-state index contributed by atoms with van der Waals surface area (Å²) in [6, 6.07) is 2.56. The Morgan fingerprint density at radius 1 is 1.32 bits per heavy atom. The zero-order valence-corrected chi connectivity index (χ0v) is 10.0. The van der Waals surface area contributed by atoms with Crippen molar-refractivity contribution >= 4 is 11.9 Å². The highest BCUT2D eigenvalue weighted by molar-refractivity contribution is 5.95. The molecule has 6 heteroatoms. The average Bonchev–Trinajstić information content (AvgIpc) is 3.10. The number of carbonyl (C=O) groups is 2. The normalized spacial score (nSPS) is 15.9. The summed E-state index contributed by atoms with van der Waals surface area (Å²) >= 11 is 0. The molecule has 1 saturated carbocycles. The Kier molecular flexibility index (Phi) is 3.78. The largest absolute Gasteiger partial charge is 0.481 e. The van der Waals surface area contributed by atoms with Crippen LogP contribution in [0, 0.1) is 17.6 Å². The number of amides is 1. The van der Waals surface area contributed by atoms with Crippen molar-refractivity contribution < 1.29 is 23.5 Å². The standard InChI is InChI=1S/C13H13F2NO3/c14-8-2-1-3-9(15)12(8)13(19)16-10(6-11(17)18)7-4-5-7/h1-3,7,10H,4-6H2,(H,16,19)(H,17,18). The zero-order valence-electron chi connectivity index (χ0n) is 10.0. The SMILES string of the molecule is O=C(O)CC(NC(=O)c1c(F)cccc1F)C1CC1. The van der Waals surface area contributed by atoms with Crippen molar-refractivity contribution in [3.05, 3.63) is 35.4 Å². The van der Waals surface area contributed by atoms with Crippen LogP contribution in [0.1, 0.15) is 29.6 Å². The van der Waals surface area contributed by atoms with Crippen LogP contribution in [0.5, 0.6) is 0 Å². The molecule has 0 aliphatic heterocycles. The molecule has 0 saturated heterocycles. The first-order valence-electron chi connectivity index (χ1n) is 5.95. The van der Waals surface area contributed by atoms with Crippen molar-refractivity contribution in [3.63, 3.8) is 0 Å². The molecule has 2 N–H and O–H groups in total. The Bertz CT molecular complexity index is 494. The smallest absolute Gasteiger partial charge is 0.305 e. The summed E-state index contributed by atoms with van der Waals surface area (Å²) in [7, 11) is 0. The van der Waals surface area contributed by atoms with Gasteiger partial charge in [-0.05, 0) is 30.9 Å². The number of benzene rings is 1. The lowest BCUT2D eigenvalue weighted by Gasteiger charge is -2.16. The summed E-state index contributed by atoms with van der Waals surface area (Å²) in [5.41, 5.74) is -0.668. The van der Waals surface area contributed by atoms with E-state index >= 15 is 0 Å². The van der Waals surface area contributed by atoms with Gasteiger partial charge in [-0.3, -0.25) is 9.59 Å². The number of hydrogen-bond acceptors (Lipinski definition) is 2. The average molecular weight is 269 g/mol. The van der Waals surface area contributed by atoms with E-state index in [4.69, 9.17) is 5.11 Å². The maximum atomic E-state index is 13.4. The summed E-state index contributed by atoms with van der Waals surface area (Å²) in [6.45, 7) is 0. The van der Waals surface area contributed by atoms with E-state index in [0.717, 1.165) is 31.0 Å². The molecule has 2 rings (SSSR count). The Morgan fingerprint density at radius 2 is 1.89 bits per heavy atom. The molecular formula is C13H13F2NO3. The van der Waals surface area contributed by atoms with Crippen molar-refractivity contribution in [1.29, 1.82) is 0 Å². The minimum Gasteiger partial charge on any atom is -0.481 e. The van der Waals surface area contributed by atoms with E-state index in [2.05, 4.69) is 5.32 Å². The van der Waals surface area contributed by atoms with E-state index in [1.807, 2.05) is 0 Å². The van der Waals surface area contributed by atoms with Gasteiger partial charge < -0.3 is 10.4 Å². The Labute approximate surface area is 108 Å². The van der Waals surface area contributed by atoms with E-state index < -0.39 is 35.1 Å². The zero-order chi connectivity index (χ0) is 14.0. The van der Waals surface area contributed by atoms with E-state index in [1.54, 1.807) is 0 Å². The van der Waals surface area contributed by atoms with Crippen LogP contribution in [0.2, 0.25) is 0 Å². The van der Waals surface area contributed by atoms with Crippen LogP contribution in [0.4, 0.5) is 8.78 Å². The summed E-state index contributed by atoms with van der Waals surface area (Å²) < 4.78 is 26.8. The molecule has 0 spiro atoms. The van der Waals surface area contributed by atoms with Gasteiger partial charge in [-0.25, -0.2) is 8.78 Å². The molecule has 102 valence electrons. The quantitative estimate of drug-likeness (QED) is 0.858. The number of rotatable bonds is 5. The number of carboxylic acid groups (broad SMARTS) is 1. The molecule has 1 atom stereocenters. The minimum atomic E-state index is -1.05. The predicted octanol–water partition coefficient (Wildman–Crippen LogP) is 1.95. The molecule has 1 aromatic rings. The number of halogens is 2. The maximum Gasteiger partial charge on any atom is 0.305 e. The van der Waals surface area contributed by atoms with Crippen molar-refractivity contribution in [3.8, 4) is 0 Å². The molecular weight excluding hydrogens is 256 g/mol. The Hall–Kier alpha value is -1.98. The molecule has 0 radical (unpaired) electrons. The van der Waals surface area contributed by atoms with E-state index in [9.17, 15) is 18.4 Å². The molecule has 1 aliphatic rings. The van der Waals surface area contributed by atoms with Gasteiger partial charge in [-0.2, -0.15) is 0 Å². The fourth-order valence-electron chi connectivity index (χ4n) is 1.98. The van der Waals surface area contributed by atoms with Gasteiger partial charge in [0.15, 0.2) is 0 Å². The van der Waals surface area contributed by atoms with Crippen LogP contribution in [0.15, 0.2) is 18.2 Å². The summed E-state index contributed by atoms with van der Waals surface area (Å²) in [6.07, 6.45) is 1.39. The third-order valence-corrected chi connectivity index (χ3v) is 3.09. The van der Waals surface area contributed by atoms with Crippen molar-refractivity contribution in [1.82, 2.24) is 5.32 Å². The van der Waals surface area contributed by atoms with E-state index in [0.29, 0.717) is 0 Å². The number of carbonyl (C=O) groups excluding carboxylic acids is 1. The number of carboxylic acids is 1. The summed E-state index contributed by atoms with van der Waals surface area (Å²) in [4.78, 5) is 22.5. The van der Waals surface area contributed by atoms with Gasteiger partial charge in [-0.1, -0.05) is 6.07 Å². The van der Waals surface area contributed by atoms with E-state index in [-0.39, 0.29) is 12.3 Å². The lowest BCUT2D eigenvalue weighted by Crippen LogP contribution is -2.38. The highest BCUT2D eigenvalue weighted by Crippen LogP contribution is 2.34. The van der Waals surface area contributed by atoms with Crippen LogP contribution < -0.4 is 5.32 Å². The lowest BCUT2D eigenvalue weighted by molar-refractivity contribution is -0.137. The van der Waals surface area contributed by atoms with Gasteiger partial charge in [-0.15, -0.1) is 0 Å². The van der Waals surface area contributed by atoms with Crippen LogP contribution >= 0.6 is 0 Å². The van der Waals surface area contributed by atoms with Gasteiger partial charge in [0.05, 0.1) is 6.42 Å². The molecule has 0 aromatic heterocycles. The van der Waals surface area contributed by atoms with Gasteiger partial charge >= 0.3 is 5.97 Å². The molecule has 1 fully saturated rings. The first-order chi connectivity index (χ1) is 8.99. The lowest BCUT2D eigenvalue weighted by atomic mass is 10.1. The number of hydrogen-bond donors (Lipinski definition) is 2. The molecule has 1 aromatic carbocycles. The van der Waals surface area contributed by atoms with Crippen LogP contribution in [0.25, 0.3) is 0 Å². The Morgan fingerprint density at radius 3 is 2.37 bits per heavy atom. The van der Waals surface area contributed by atoms with Crippen molar-refractivity contribution in [2.45, 2.75) is 25.3 Å². The Balaban J connectivity index is 2.12. The topological polar surface area (TPSA) is 66.4 Å². The predicted molar refractivity (Wildman–Crippen MR) is 62.6 cm³/mol. The third-order valence-electron chi connectivity index (χ3n) is 3.09. The molecule has 1 aliphatic carbocycles. The van der Waals surface area contributed by atoms with Crippen molar-refractivity contribution in [2.75, 3.05) is 0 Å². The second-order valence-corrected chi connectivity index (χ2v) is 4.61. The molecule has 19 heavy (non-hydrogen) atoms. The molecule has 4 nitrogen and oxygen atoms in total. The molecule has 0 bridgehead atoms. The maximum absolute atomic E-state index is 13.4. The summed E-state index contributed by atoms with van der Waals surface area (Å²) in [5, 5.41) is 11.2. The highest BCUT2D eigenvalue weighted by atomic mass is 19.1. The van der Waals surface area contributed by atoms with Crippen LogP contribution in [-0.4, -0.2) is 23.0 Å². The first kappa shape index (κ1) is 13.5. The summed E-state index contributed by atoms with van der Waals surface area (Å²) in [5.74, 6) is -3.79. The van der Waals surface area contributed by atoms with Crippen LogP contribution in [-0.2, 0) is 4.79 Å². The van der Waals surface area contributed by atoms with E-state index in [1.165, 1.54) is 0 Å². The fraction of sp³-hybridized carbons (Fsp3) is 0.385. The first-order valence-corrected chi connectivity index (χ1v) is 5.95. The minimum absolute atomic E-state index is 0.0786. The number of aliphatic carboxylic acids is 1. The second kappa shape index (κ2) is 5.34. The second-order valence-electron chi connectivity index (χ2n) is 4.61. The monoisotopic (exact) mass is 269 g/mol. The number of nitrogens with one attached hydrogen (secondary N) is 1. The molecule has 1 unspecified atom stereocenters. The van der Waals surface area contributed by atoms with Gasteiger partial charge in [0.1, 0.15) is 17.2 Å². The van der Waals surface area contributed by atoms with Gasteiger partial charge in [0.2, 0.25) is 0 Å². The van der Waals surface area contributed by atoms with Gasteiger partial charge in [0, 0.05) is 6.04 Å². The van der Waals surface area contributed by atoms with Crippen LogP contribution in [0.3, 0.4) is 0 Å². The van der Waals surface area contributed by atoms with Gasteiger partial charge in [0.25, 0.3) is 5.91 Å². The fourth-order valence-corrected chi connectivity index (χ4v) is 1.98. The molecule has 1 amide bonds. The highest BCUT2D eigenvalue weighted by Gasteiger charge is 2.34.